The molecule has 1 amide bonds. The minimum Gasteiger partial charge on any atom is -0.350 e. The van der Waals surface area contributed by atoms with Crippen LogP contribution in [-0.4, -0.2) is 28.5 Å². The largest absolute Gasteiger partial charge is 0.350 e. The summed E-state index contributed by atoms with van der Waals surface area (Å²) >= 11 is 0. The van der Waals surface area contributed by atoms with E-state index in [9.17, 15) is 9.18 Å². The van der Waals surface area contributed by atoms with Gasteiger partial charge in [-0.3, -0.25) is 4.79 Å². The van der Waals surface area contributed by atoms with Gasteiger partial charge in [0, 0.05) is 24.5 Å². The van der Waals surface area contributed by atoms with Gasteiger partial charge in [0.05, 0.1) is 0 Å². The summed E-state index contributed by atoms with van der Waals surface area (Å²) < 4.78 is 13.7. The Kier molecular flexibility index (Phi) is 5.02. The Bertz CT molecular complexity index is 1010. The van der Waals surface area contributed by atoms with Crippen LogP contribution in [0.15, 0.2) is 60.8 Å². The van der Waals surface area contributed by atoms with Gasteiger partial charge in [0.1, 0.15) is 11.5 Å². The number of nitrogens with one attached hydrogen (secondary N) is 1. The summed E-state index contributed by atoms with van der Waals surface area (Å²) in [5, 5.41) is 2.81. The molecule has 0 fully saturated rings. The molecule has 0 spiro atoms. The molecule has 6 heteroatoms. The van der Waals surface area contributed by atoms with E-state index in [0.717, 1.165) is 12.1 Å². The van der Waals surface area contributed by atoms with Crippen LogP contribution >= 0.6 is 0 Å². The van der Waals surface area contributed by atoms with Crippen LogP contribution in [0.5, 0.6) is 0 Å². The Labute approximate surface area is 163 Å². The topological polar surface area (TPSA) is 58.1 Å². The zero-order chi connectivity index (χ0) is 19.5. The highest BCUT2D eigenvalue weighted by Crippen LogP contribution is 2.36. The van der Waals surface area contributed by atoms with E-state index in [1.165, 1.54) is 11.6 Å². The molecule has 3 aromatic rings. The lowest BCUT2D eigenvalue weighted by Gasteiger charge is -2.22. The number of carbonyl (C=O) groups is 1. The summed E-state index contributed by atoms with van der Waals surface area (Å²) in [4.78, 5) is 23.4. The van der Waals surface area contributed by atoms with Crippen LogP contribution in [0, 0.1) is 5.82 Å². The van der Waals surface area contributed by atoms with Crippen molar-refractivity contribution in [1.82, 2.24) is 15.3 Å². The average Bonchev–Trinajstić information content (AvgIpc) is 3.05. The number of benzene rings is 2. The van der Waals surface area contributed by atoms with Crippen molar-refractivity contribution in [2.45, 2.75) is 25.8 Å². The molecule has 1 atom stereocenters. The molecular formula is C22H21FN4O. The second-order valence-electron chi connectivity index (χ2n) is 6.89. The quantitative estimate of drug-likeness (QED) is 0.738. The Morgan fingerprint density at radius 1 is 1.18 bits per heavy atom. The van der Waals surface area contributed by atoms with E-state index >= 15 is 0 Å². The van der Waals surface area contributed by atoms with Crippen molar-refractivity contribution in [3.63, 3.8) is 0 Å². The average molecular weight is 376 g/mol. The lowest BCUT2D eigenvalue weighted by atomic mass is 10.1. The first-order valence-corrected chi connectivity index (χ1v) is 9.35. The SMILES string of the molecule is CC1Cc2ccccc2N1c1nccc(C(=O)NCCc2ccccc2F)n1. The molecule has 2 heterocycles. The van der Waals surface area contributed by atoms with Crippen LogP contribution in [0.3, 0.4) is 0 Å². The number of hydrogen-bond donors (Lipinski definition) is 1. The molecule has 1 aromatic heterocycles. The number of fused-ring (bicyclic) bond motifs is 1. The van der Waals surface area contributed by atoms with Crippen LogP contribution in [0.4, 0.5) is 16.0 Å². The van der Waals surface area contributed by atoms with Crippen molar-refractivity contribution in [2.24, 2.45) is 0 Å². The first-order chi connectivity index (χ1) is 13.6. The lowest BCUT2D eigenvalue weighted by molar-refractivity contribution is 0.0949. The highest BCUT2D eigenvalue weighted by molar-refractivity contribution is 5.92. The molecule has 1 unspecified atom stereocenters. The highest BCUT2D eigenvalue weighted by Gasteiger charge is 2.29. The van der Waals surface area contributed by atoms with Crippen molar-refractivity contribution in [3.05, 3.63) is 83.4 Å². The van der Waals surface area contributed by atoms with Gasteiger partial charge in [0.2, 0.25) is 5.95 Å². The van der Waals surface area contributed by atoms with Crippen LogP contribution in [0.2, 0.25) is 0 Å². The Morgan fingerprint density at radius 3 is 2.82 bits per heavy atom. The smallest absolute Gasteiger partial charge is 0.270 e. The number of hydrogen-bond acceptors (Lipinski definition) is 4. The second-order valence-corrected chi connectivity index (χ2v) is 6.89. The molecule has 0 saturated carbocycles. The summed E-state index contributed by atoms with van der Waals surface area (Å²) in [5.74, 6) is -0.0397. The number of anilines is 2. The molecule has 5 nitrogen and oxygen atoms in total. The Balaban J connectivity index is 1.47. The molecule has 142 valence electrons. The third kappa shape index (κ3) is 3.58. The summed E-state index contributed by atoms with van der Waals surface area (Å²) in [7, 11) is 0. The van der Waals surface area contributed by atoms with E-state index in [4.69, 9.17) is 0 Å². The molecule has 0 aliphatic carbocycles. The number of para-hydroxylation sites is 1. The minimum absolute atomic E-state index is 0.219. The minimum atomic E-state index is -0.292. The molecule has 1 N–H and O–H groups in total. The van der Waals surface area contributed by atoms with Crippen molar-refractivity contribution in [3.8, 4) is 0 Å². The summed E-state index contributed by atoms with van der Waals surface area (Å²) in [5.41, 5.74) is 3.20. The highest BCUT2D eigenvalue weighted by atomic mass is 19.1. The predicted octanol–water partition coefficient (Wildman–Crippen LogP) is 3.67. The fourth-order valence-electron chi connectivity index (χ4n) is 3.56. The molecule has 1 aliphatic heterocycles. The van der Waals surface area contributed by atoms with Crippen LogP contribution in [-0.2, 0) is 12.8 Å². The zero-order valence-electron chi connectivity index (χ0n) is 15.6. The summed E-state index contributed by atoms with van der Waals surface area (Å²) in [6.45, 7) is 2.45. The number of carbonyl (C=O) groups excluding carboxylic acids is 1. The first-order valence-electron chi connectivity index (χ1n) is 9.35. The van der Waals surface area contributed by atoms with E-state index in [-0.39, 0.29) is 17.8 Å². The van der Waals surface area contributed by atoms with Gasteiger partial charge in [-0.25, -0.2) is 14.4 Å². The number of halogens is 1. The maximum absolute atomic E-state index is 13.7. The third-order valence-corrected chi connectivity index (χ3v) is 4.94. The fraction of sp³-hybridized carbons (Fsp3) is 0.227. The molecule has 28 heavy (non-hydrogen) atoms. The number of rotatable bonds is 5. The monoisotopic (exact) mass is 376 g/mol. The normalized spacial score (nSPS) is 15.4. The molecule has 1 aliphatic rings. The van der Waals surface area contributed by atoms with E-state index in [0.29, 0.717) is 30.2 Å². The Hall–Kier alpha value is -3.28. The zero-order valence-corrected chi connectivity index (χ0v) is 15.6. The first kappa shape index (κ1) is 18.1. The van der Waals surface area contributed by atoms with Gasteiger partial charge in [-0.15, -0.1) is 0 Å². The van der Waals surface area contributed by atoms with Gasteiger partial charge in [0.15, 0.2) is 0 Å². The Morgan fingerprint density at radius 2 is 1.96 bits per heavy atom. The fourth-order valence-corrected chi connectivity index (χ4v) is 3.56. The van der Waals surface area contributed by atoms with Gasteiger partial charge in [-0.1, -0.05) is 36.4 Å². The molecule has 4 rings (SSSR count). The van der Waals surface area contributed by atoms with E-state index in [2.05, 4.69) is 33.2 Å². The van der Waals surface area contributed by atoms with Crippen molar-refractivity contribution < 1.29 is 9.18 Å². The number of amides is 1. The van der Waals surface area contributed by atoms with Gasteiger partial charge in [-0.2, -0.15) is 0 Å². The second kappa shape index (κ2) is 7.76. The molecular weight excluding hydrogens is 355 g/mol. The van der Waals surface area contributed by atoms with E-state index in [1.807, 2.05) is 18.2 Å². The maximum atomic E-state index is 13.7. The summed E-state index contributed by atoms with van der Waals surface area (Å²) in [6, 6.07) is 16.5. The number of nitrogens with zero attached hydrogens (tertiary/aromatic N) is 3. The predicted molar refractivity (Wildman–Crippen MR) is 106 cm³/mol. The van der Waals surface area contributed by atoms with Crippen molar-refractivity contribution in [1.29, 1.82) is 0 Å². The summed E-state index contributed by atoms with van der Waals surface area (Å²) in [6.07, 6.45) is 2.94. The van der Waals surface area contributed by atoms with E-state index in [1.54, 1.807) is 30.5 Å². The van der Waals surface area contributed by atoms with Gasteiger partial charge < -0.3 is 10.2 Å². The van der Waals surface area contributed by atoms with Crippen LogP contribution in [0.1, 0.15) is 28.5 Å². The standard InChI is InChI=1S/C22H21FN4O/c1-15-14-17-7-3-5-9-20(17)27(15)22-25-13-11-19(26-22)21(28)24-12-10-16-6-2-4-8-18(16)23/h2-9,11,13,15H,10,12,14H2,1H3,(H,24,28). The number of aromatic nitrogens is 2. The van der Waals surface area contributed by atoms with E-state index < -0.39 is 0 Å². The van der Waals surface area contributed by atoms with Crippen molar-refractivity contribution in [2.75, 3.05) is 11.4 Å². The molecule has 0 saturated heterocycles. The third-order valence-electron chi connectivity index (χ3n) is 4.94. The lowest BCUT2D eigenvalue weighted by Crippen LogP contribution is -2.29. The van der Waals surface area contributed by atoms with Crippen molar-refractivity contribution >= 4 is 17.5 Å². The van der Waals surface area contributed by atoms with Gasteiger partial charge in [-0.05, 0) is 49.1 Å². The van der Waals surface area contributed by atoms with Gasteiger partial charge in [0.25, 0.3) is 5.91 Å². The molecule has 0 radical (unpaired) electrons. The van der Waals surface area contributed by atoms with Gasteiger partial charge >= 0.3 is 0 Å². The molecule has 2 aromatic carbocycles. The van der Waals surface area contributed by atoms with Crippen LogP contribution in [0.25, 0.3) is 0 Å². The molecule has 0 bridgehead atoms. The maximum Gasteiger partial charge on any atom is 0.270 e. The van der Waals surface area contributed by atoms with Crippen LogP contribution < -0.4 is 10.2 Å².